The van der Waals surface area contributed by atoms with Crippen LogP contribution in [0.3, 0.4) is 0 Å². The highest BCUT2D eigenvalue weighted by molar-refractivity contribution is 6.08. The number of carboxylic acid groups (broad SMARTS) is 1. The van der Waals surface area contributed by atoms with Crippen molar-refractivity contribution in [1.29, 1.82) is 0 Å². The summed E-state index contributed by atoms with van der Waals surface area (Å²) in [6.45, 7) is 3.31. The Labute approximate surface area is 114 Å². The Morgan fingerprint density at radius 1 is 1.30 bits per heavy atom. The third kappa shape index (κ3) is 2.54. The van der Waals surface area contributed by atoms with E-state index in [4.69, 9.17) is 9.52 Å². The molecule has 20 heavy (non-hydrogen) atoms. The Morgan fingerprint density at radius 2 is 2.00 bits per heavy atom. The van der Waals surface area contributed by atoms with Gasteiger partial charge in [-0.15, -0.1) is 0 Å². The predicted octanol–water partition coefficient (Wildman–Crippen LogP) is 2.99. The van der Waals surface area contributed by atoms with Crippen molar-refractivity contribution in [3.8, 4) is 0 Å². The lowest BCUT2D eigenvalue weighted by Gasteiger charge is -2.08. The fourth-order valence-corrected chi connectivity index (χ4v) is 1.89. The molecule has 1 amide bonds. The maximum Gasteiger partial charge on any atom is 0.340 e. The van der Waals surface area contributed by atoms with Gasteiger partial charge >= 0.3 is 5.97 Å². The number of rotatable bonds is 3. The molecule has 2 N–H and O–H groups in total. The van der Waals surface area contributed by atoms with Crippen molar-refractivity contribution in [3.05, 3.63) is 52.7 Å². The van der Waals surface area contributed by atoms with E-state index < -0.39 is 23.3 Å². The fraction of sp³-hybridized carbons (Fsp3) is 0.143. The van der Waals surface area contributed by atoms with E-state index in [2.05, 4.69) is 5.32 Å². The summed E-state index contributed by atoms with van der Waals surface area (Å²) in [6.07, 6.45) is 0. The van der Waals surface area contributed by atoms with Gasteiger partial charge in [0.15, 0.2) is 0 Å². The number of furan rings is 1. The van der Waals surface area contributed by atoms with Crippen LogP contribution < -0.4 is 5.32 Å². The molecule has 0 saturated carbocycles. The summed E-state index contributed by atoms with van der Waals surface area (Å²) in [5.41, 5.74) is -0.387. The zero-order valence-electron chi connectivity index (χ0n) is 10.9. The molecule has 2 rings (SSSR count). The molecule has 0 aliphatic carbocycles. The second-order valence-corrected chi connectivity index (χ2v) is 4.25. The third-order valence-electron chi connectivity index (χ3n) is 2.76. The van der Waals surface area contributed by atoms with Crippen LogP contribution in [0.15, 0.2) is 28.7 Å². The van der Waals surface area contributed by atoms with E-state index >= 15 is 0 Å². The van der Waals surface area contributed by atoms with Crippen LogP contribution in [-0.2, 0) is 0 Å². The number of benzene rings is 1. The molecule has 0 aliphatic rings. The smallest absolute Gasteiger partial charge is 0.340 e. The van der Waals surface area contributed by atoms with Gasteiger partial charge in [0, 0.05) is 0 Å². The maximum absolute atomic E-state index is 13.5. The van der Waals surface area contributed by atoms with Crippen LogP contribution in [0.4, 0.5) is 10.1 Å². The average molecular weight is 277 g/mol. The first-order chi connectivity index (χ1) is 9.40. The number of amides is 1. The molecule has 0 saturated heterocycles. The molecule has 0 bridgehead atoms. The zero-order chi connectivity index (χ0) is 14.9. The first-order valence-corrected chi connectivity index (χ1v) is 5.80. The number of anilines is 1. The highest BCUT2D eigenvalue weighted by Gasteiger charge is 2.19. The topological polar surface area (TPSA) is 79.5 Å². The summed E-state index contributed by atoms with van der Waals surface area (Å²) in [5, 5.41) is 11.4. The van der Waals surface area contributed by atoms with E-state index in [0.717, 1.165) is 6.07 Å². The van der Waals surface area contributed by atoms with Crippen molar-refractivity contribution >= 4 is 17.6 Å². The lowest BCUT2D eigenvalue weighted by Crippen LogP contribution is -2.16. The number of carboxylic acids is 1. The normalized spacial score (nSPS) is 10.3. The molecule has 1 aromatic carbocycles. The molecule has 1 heterocycles. The Balaban J connectivity index is 2.36. The van der Waals surface area contributed by atoms with Gasteiger partial charge in [-0.3, -0.25) is 4.79 Å². The standard InChI is InChI=1S/C14H12FNO4/c1-7-6-9(8(2)20-7)13(17)16-11-5-3-4-10(15)12(11)14(18)19/h3-6H,1-2H3,(H,16,17)(H,18,19). The molecule has 0 fully saturated rings. The number of carbonyl (C=O) groups is 2. The largest absolute Gasteiger partial charge is 0.478 e. The molecule has 1 aromatic heterocycles. The highest BCUT2D eigenvalue weighted by atomic mass is 19.1. The van der Waals surface area contributed by atoms with Crippen LogP contribution in [0.5, 0.6) is 0 Å². The summed E-state index contributed by atoms with van der Waals surface area (Å²) in [7, 11) is 0. The molecule has 0 unspecified atom stereocenters. The molecule has 5 nitrogen and oxygen atoms in total. The Morgan fingerprint density at radius 3 is 2.55 bits per heavy atom. The van der Waals surface area contributed by atoms with E-state index in [1.165, 1.54) is 18.2 Å². The number of aryl methyl sites for hydroxylation is 2. The summed E-state index contributed by atoms with van der Waals surface area (Å²) < 4.78 is 18.7. The van der Waals surface area contributed by atoms with Gasteiger partial charge in [0.1, 0.15) is 22.9 Å². The van der Waals surface area contributed by atoms with E-state index in [9.17, 15) is 14.0 Å². The van der Waals surface area contributed by atoms with Crippen molar-refractivity contribution in [1.82, 2.24) is 0 Å². The van der Waals surface area contributed by atoms with Crippen LogP contribution in [-0.4, -0.2) is 17.0 Å². The van der Waals surface area contributed by atoms with Crippen LogP contribution >= 0.6 is 0 Å². The van der Waals surface area contributed by atoms with Crippen molar-refractivity contribution in [2.45, 2.75) is 13.8 Å². The summed E-state index contributed by atoms with van der Waals surface area (Å²) >= 11 is 0. The van der Waals surface area contributed by atoms with Crippen molar-refractivity contribution in [3.63, 3.8) is 0 Å². The van der Waals surface area contributed by atoms with Crippen molar-refractivity contribution in [2.24, 2.45) is 0 Å². The minimum atomic E-state index is -1.45. The van der Waals surface area contributed by atoms with Crippen LogP contribution in [0.2, 0.25) is 0 Å². The maximum atomic E-state index is 13.5. The number of hydrogen-bond donors (Lipinski definition) is 2. The van der Waals surface area contributed by atoms with Gasteiger partial charge < -0.3 is 14.8 Å². The lowest BCUT2D eigenvalue weighted by molar-refractivity contribution is 0.0693. The van der Waals surface area contributed by atoms with E-state index in [0.29, 0.717) is 11.5 Å². The first kappa shape index (κ1) is 13.8. The number of halogens is 1. The number of carbonyl (C=O) groups excluding carboxylic acids is 1. The van der Waals surface area contributed by atoms with E-state index in [-0.39, 0.29) is 11.3 Å². The molecule has 0 radical (unpaired) electrons. The van der Waals surface area contributed by atoms with Crippen molar-refractivity contribution in [2.75, 3.05) is 5.32 Å². The average Bonchev–Trinajstić information content (AvgIpc) is 2.68. The monoisotopic (exact) mass is 277 g/mol. The Kier molecular flexibility index (Phi) is 3.56. The van der Waals surface area contributed by atoms with Gasteiger partial charge in [0.25, 0.3) is 5.91 Å². The second-order valence-electron chi connectivity index (χ2n) is 4.25. The third-order valence-corrected chi connectivity index (χ3v) is 2.76. The van der Waals surface area contributed by atoms with Gasteiger partial charge in [-0.25, -0.2) is 9.18 Å². The minimum Gasteiger partial charge on any atom is -0.478 e. The molecule has 0 aliphatic heterocycles. The van der Waals surface area contributed by atoms with Gasteiger partial charge in [0.2, 0.25) is 0 Å². The first-order valence-electron chi connectivity index (χ1n) is 5.80. The Hall–Kier alpha value is -2.63. The molecule has 0 atom stereocenters. The van der Waals surface area contributed by atoms with Gasteiger partial charge in [-0.2, -0.15) is 0 Å². The van der Waals surface area contributed by atoms with Crippen LogP contribution in [0, 0.1) is 19.7 Å². The molecule has 6 heteroatoms. The zero-order valence-corrected chi connectivity index (χ0v) is 10.9. The summed E-state index contributed by atoms with van der Waals surface area (Å²) in [5.74, 6) is -1.93. The highest BCUT2D eigenvalue weighted by Crippen LogP contribution is 2.21. The second kappa shape index (κ2) is 5.16. The van der Waals surface area contributed by atoms with Crippen LogP contribution in [0.25, 0.3) is 0 Å². The van der Waals surface area contributed by atoms with Gasteiger partial charge in [-0.1, -0.05) is 6.07 Å². The van der Waals surface area contributed by atoms with Crippen molar-refractivity contribution < 1.29 is 23.5 Å². The SMILES string of the molecule is Cc1cc(C(=O)Nc2cccc(F)c2C(=O)O)c(C)o1. The molecular formula is C14H12FNO4. The van der Waals surface area contributed by atoms with E-state index in [1.807, 2.05) is 0 Å². The minimum absolute atomic E-state index is 0.0965. The van der Waals surface area contributed by atoms with E-state index in [1.54, 1.807) is 13.8 Å². The van der Waals surface area contributed by atoms with Crippen LogP contribution in [0.1, 0.15) is 32.2 Å². The fourth-order valence-electron chi connectivity index (χ4n) is 1.89. The van der Waals surface area contributed by atoms with Gasteiger partial charge in [0.05, 0.1) is 11.3 Å². The summed E-state index contributed by atoms with van der Waals surface area (Å²) in [6, 6.07) is 5.20. The molecule has 104 valence electrons. The number of aromatic carboxylic acids is 1. The molecule has 2 aromatic rings. The Bertz CT molecular complexity index is 690. The summed E-state index contributed by atoms with van der Waals surface area (Å²) in [4.78, 5) is 23.1. The quantitative estimate of drug-likeness (QED) is 0.903. The number of hydrogen-bond acceptors (Lipinski definition) is 3. The molecule has 0 spiro atoms. The van der Waals surface area contributed by atoms with Gasteiger partial charge in [-0.05, 0) is 32.0 Å². The number of nitrogens with one attached hydrogen (secondary N) is 1. The molecular weight excluding hydrogens is 265 g/mol. The predicted molar refractivity (Wildman–Crippen MR) is 69.5 cm³/mol. The lowest BCUT2D eigenvalue weighted by atomic mass is 10.1.